The molecule has 0 spiro atoms. The summed E-state index contributed by atoms with van der Waals surface area (Å²) < 4.78 is 6.51. The molecule has 0 bridgehead atoms. The van der Waals surface area contributed by atoms with Crippen LogP contribution in [0.25, 0.3) is 0 Å². The first-order chi connectivity index (χ1) is 10.4. The van der Waals surface area contributed by atoms with Gasteiger partial charge in [-0.2, -0.15) is 0 Å². The van der Waals surface area contributed by atoms with Gasteiger partial charge in [-0.1, -0.05) is 26.8 Å². The molecule has 2 N–H and O–H groups in total. The number of halogens is 1. The Bertz CT molecular complexity index is 570. The molecule has 0 radical (unpaired) electrons. The average molecular weight is 366 g/mol. The predicted molar refractivity (Wildman–Crippen MR) is 93.8 cm³/mol. The number of pyridine rings is 1. The Hall–Kier alpha value is -1.20. The van der Waals surface area contributed by atoms with Gasteiger partial charge in [0.15, 0.2) is 0 Å². The predicted octanol–water partition coefficient (Wildman–Crippen LogP) is 4.05. The van der Waals surface area contributed by atoms with E-state index in [1.165, 1.54) is 0 Å². The van der Waals surface area contributed by atoms with Crippen LogP contribution in [0.1, 0.15) is 45.7 Å². The smallest absolute Gasteiger partial charge is 0.149 e. The SMILES string of the molecule is CC(C)(C)C(N)=CC(=NC1CCCCO1)c1cccc(Br)n1. The van der Waals surface area contributed by atoms with Crippen molar-refractivity contribution in [2.75, 3.05) is 6.61 Å². The van der Waals surface area contributed by atoms with Gasteiger partial charge < -0.3 is 10.5 Å². The highest BCUT2D eigenvalue weighted by Gasteiger charge is 2.18. The summed E-state index contributed by atoms with van der Waals surface area (Å²) in [5, 5.41) is 0. The fourth-order valence-electron chi connectivity index (χ4n) is 2.07. The van der Waals surface area contributed by atoms with Crippen LogP contribution in [0, 0.1) is 5.41 Å². The fraction of sp³-hybridized carbons (Fsp3) is 0.529. The van der Waals surface area contributed by atoms with Gasteiger partial charge in [-0.25, -0.2) is 4.98 Å². The number of rotatable bonds is 3. The summed E-state index contributed by atoms with van der Waals surface area (Å²) in [7, 11) is 0. The third-order valence-corrected chi connectivity index (χ3v) is 4.02. The lowest BCUT2D eigenvalue weighted by Crippen LogP contribution is -2.22. The zero-order valence-corrected chi connectivity index (χ0v) is 15.1. The van der Waals surface area contributed by atoms with Gasteiger partial charge in [0.25, 0.3) is 0 Å². The molecule has 22 heavy (non-hydrogen) atoms. The van der Waals surface area contributed by atoms with Crippen molar-refractivity contribution in [1.82, 2.24) is 4.98 Å². The lowest BCUT2D eigenvalue weighted by atomic mass is 9.91. The van der Waals surface area contributed by atoms with E-state index in [-0.39, 0.29) is 11.6 Å². The highest BCUT2D eigenvalue weighted by atomic mass is 79.9. The van der Waals surface area contributed by atoms with E-state index >= 15 is 0 Å². The summed E-state index contributed by atoms with van der Waals surface area (Å²) in [5.74, 6) is 0. The number of aliphatic imine (C=N–C) groups is 1. The van der Waals surface area contributed by atoms with Gasteiger partial charge in [-0.05, 0) is 53.4 Å². The molecule has 1 fully saturated rings. The molecule has 1 aliphatic rings. The van der Waals surface area contributed by atoms with E-state index in [4.69, 9.17) is 15.5 Å². The third kappa shape index (κ3) is 4.92. The minimum absolute atomic E-state index is 0.103. The van der Waals surface area contributed by atoms with E-state index in [0.29, 0.717) is 0 Å². The Morgan fingerprint density at radius 2 is 2.18 bits per heavy atom. The first kappa shape index (κ1) is 17.2. The van der Waals surface area contributed by atoms with E-state index in [1.54, 1.807) is 0 Å². The number of allylic oxidation sites excluding steroid dienone is 2. The maximum Gasteiger partial charge on any atom is 0.149 e. The maximum absolute atomic E-state index is 6.23. The van der Waals surface area contributed by atoms with Crippen LogP contribution in [0.4, 0.5) is 0 Å². The Morgan fingerprint density at radius 3 is 2.77 bits per heavy atom. The zero-order chi connectivity index (χ0) is 16.2. The Balaban J connectivity index is 2.38. The molecule has 4 nitrogen and oxygen atoms in total. The molecular weight excluding hydrogens is 342 g/mol. The van der Waals surface area contributed by atoms with Crippen LogP contribution >= 0.6 is 15.9 Å². The molecule has 2 rings (SSSR count). The van der Waals surface area contributed by atoms with Gasteiger partial charge in [-0.3, -0.25) is 4.99 Å². The van der Waals surface area contributed by atoms with Crippen LogP contribution in [0.3, 0.4) is 0 Å². The molecule has 120 valence electrons. The quantitative estimate of drug-likeness (QED) is 0.649. The summed E-state index contributed by atoms with van der Waals surface area (Å²) in [6.45, 7) is 7.03. The second-order valence-corrected chi connectivity index (χ2v) is 7.34. The lowest BCUT2D eigenvalue weighted by molar-refractivity contribution is 0.0224. The first-order valence-corrected chi connectivity index (χ1v) is 8.45. The molecule has 1 atom stereocenters. The van der Waals surface area contributed by atoms with E-state index in [2.05, 4.69) is 41.7 Å². The van der Waals surface area contributed by atoms with Crippen LogP contribution in [0.2, 0.25) is 0 Å². The van der Waals surface area contributed by atoms with Gasteiger partial charge in [0.2, 0.25) is 0 Å². The van der Waals surface area contributed by atoms with Crippen molar-refractivity contribution in [3.05, 3.63) is 40.3 Å². The van der Waals surface area contributed by atoms with Crippen molar-refractivity contribution in [3.63, 3.8) is 0 Å². The molecule has 0 aromatic carbocycles. The Labute approximate surface area is 141 Å². The number of aromatic nitrogens is 1. The number of hydrogen-bond acceptors (Lipinski definition) is 4. The van der Waals surface area contributed by atoms with Crippen molar-refractivity contribution in [2.45, 2.75) is 46.3 Å². The van der Waals surface area contributed by atoms with Crippen LogP contribution in [0.15, 0.2) is 39.6 Å². The zero-order valence-electron chi connectivity index (χ0n) is 13.5. The molecule has 1 aliphatic heterocycles. The molecule has 1 unspecified atom stereocenters. The van der Waals surface area contributed by atoms with Crippen molar-refractivity contribution in [1.29, 1.82) is 0 Å². The molecule has 2 heterocycles. The monoisotopic (exact) mass is 365 g/mol. The van der Waals surface area contributed by atoms with Gasteiger partial charge in [0.05, 0.1) is 11.4 Å². The topological polar surface area (TPSA) is 60.5 Å². The van der Waals surface area contributed by atoms with Gasteiger partial charge in [0.1, 0.15) is 10.8 Å². The van der Waals surface area contributed by atoms with E-state index in [0.717, 1.165) is 47.6 Å². The van der Waals surface area contributed by atoms with E-state index in [9.17, 15) is 0 Å². The van der Waals surface area contributed by atoms with Crippen LogP contribution in [-0.4, -0.2) is 23.5 Å². The second kappa shape index (κ2) is 7.38. The molecule has 1 saturated heterocycles. The van der Waals surface area contributed by atoms with Gasteiger partial charge in [0, 0.05) is 17.7 Å². The summed E-state index contributed by atoms with van der Waals surface area (Å²) in [6.07, 6.45) is 5.02. The lowest BCUT2D eigenvalue weighted by Gasteiger charge is -2.22. The molecular formula is C17H24BrN3O. The molecule has 5 heteroatoms. The van der Waals surface area contributed by atoms with Crippen molar-refractivity contribution >= 4 is 21.6 Å². The van der Waals surface area contributed by atoms with Crippen molar-refractivity contribution < 1.29 is 4.74 Å². The minimum atomic E-state index is -0.111. The Morgan fingerprint density at radius 1 is 1.41 bits per heavy atom. The maximum atomic E-state index is 6.23. The fourth-order valence-corrected chi connectivity index (χ4v) is 2.42. The molecule has 0 aliphatic carbocycles. The number of nitrogens with two attached hydrogens (primary N) is 1. The largest absolute Gasteiger partial charge is 0.402 e. The molecule has 1 aromatic heterocycles. The number of nitrogens with zero attached hydrogens (tertiary/aromatic N) is 2. The standard InChI is InChI=1S/C17H24BrN3O/c1-17(2,3)14(19)11-13(12-7-6-8-15(18)20-12)21-16-9-4-5-10-22-16/h6-8,11,16H,4-5,9-10,19H2,1-3H3. The number of hydrogen-bond donors (Lipinski definition) is 1. The highest BCUT2D eigenvalue weighted by molar-refractivity contribution is 9.10. The minimum Gasteiger partial charge on any atom is -0.402 e. The van der Waals surface area contributed by atoms with Crippen molar-refractivity contribution in [2.24, 2.45) is 16.1 Å². The van der Waals surface area contributed by atoms with Gasteiger partial charge >= 0.3 is 0 Å². The second-order valence-electron chi connectivity index (χ2n) is 6.53. The summed E-state index contributed by atoms with van der Waals surface area (Å²) in [4.78, 5) is 9.26. The van der Waals surface area contributed by atoms with E-state index < -0.39 is 0 Å². The summed E-state index contributed by atoms with van der Waals surface area (Å²) >= 11 is 3.41. The van der Waals surface area contributed by atoms with E-state index in [1.807, 2.05) is 24.3 Å². The normalized spacial score (nSPS) is 21.0. The van der Waals surface area contributed by atoms with Crippen LogP contribution in [0.5, 0.6) is 0 Å². The van der Waals surface area contributed by atoms with Crippen molar-refractivity contribution in [3.8, 4) is 0 Å². The average Bonchev–Trinajstić information content (AvgIpc) is 2.46. The molecule has 1 aromatic rings. The first-order valence-electron chi connectivity index (χ1n) is 7.66. The van der Waals surface area contributed by atoms with Crippen LogP contribution in [-0.2, 0) is 4.74 Å². The summed E-state index contributed by atoms with van der Waals surface area (Å²) in [6, 6.07) is 5.79. The number of ether oxygens (including phenoxy) is 1. The van der Waals surface area contributed by atoms with Crippen LogP contribution < -0.4 is 5.73 Å². The third-order valence-electron chi connectivity index (χ3n) is 3.57. The Kier molecular flexibility index (Phi) is 5.75. The van der Waals surface area contributed by atoms with Gasteiger partial charge in [-0.15, -0.1) is 0 Å². The molecule has 0 saturated carbocycles. The molecule has 0 amide bonds. The summed E-state index contributed by atoms with van der Waals surface area (Å²) in [5.41, 5.74) is 8.48. The highest BCUT2D eigenvalue weighted by Crippen LogP contribution is 2.22.